The molecule has 0 aliphatic carbocycles. The lowest BCUT2D eigenvalue weighted by Gasteiger charge is -2.17. The van der Waals surface area contributed by atoms with Gasteiger partial charge in [-0.1, -0.05) is 12.1 Å². The average Bonchev–Trinajstić information content (AvgIpc) is 2.15. The van der Waals surface area contributed by atoms with E-state index in [0.717, 1.165) is 24.8 Å². The van der Waals surface area contributed by atoms with Crippen molar-refractivity contribution in [3.8, 4) is 0 Å². The molecule has 0 saturated heterocycles. The molecule has 1 aromatic rings. The summed E-state index contributed by atoms with van der Waals surface area (Å²) in [7, 11) is -3.08. The third kappa shape index (κ3) is 5.33. The fraction of sp³-hybridized carbons (Fsp3) is 0.538. The average molecular weight is 255 g/mol. The summed E-state index contributed by atoms with van der Waals surface area (Å²) in [5.74, 6) is 0. The van der Waals surface area contributed by atoms with Crippen LogP contribution in [0, 0.1) is 0 Å². The Morgan fingerprint density at radius 1 is 1.18 bits per heavy atom. The maximum atomic E-state index is 11.3. The highest BCUT2D eigenvalue weighted by Gasteiger charge is 2.10. The Kier molecular flexibility index (Phi) is 4.33. The van der Waals surface area contributed by atoms with Gasteiger partial charge in [-0.05, 0) is 50.8 Å². The van der Waals surface area contributed by atoms with E-state index in [1.807, 2.05) is 26.0 Å². The van der Waals surface area contributed by atoms with E-state index in [1.165, 1.54) is 6.26 Å². The lowest BCUT2D eigenvalue weighted by atomic mass is 9.97. The summed E-state index contributed by atoms with van der Waals surface area (Å²) in [5.41, 5.74) is 6.92. The number of nitrogens with two attached hydrogens (primary N) is 1. The first-order chi connectivity index (χ1) is 7.68. The molecular weight excluding hydrogens is 234 g/mol. The zero-order valence-electron chi connectivity index (χ0n) is 10.7. The van der Waals surface area contributed by atoms with Crippen LogP contribution in [0.3, 0.4) is 0 Å². The number of hydrogen-bond acceptors (Lipinski definition) is 3. The minimum Gasteiger partial charge on any atom is -0.326 e. The zero-order valence-corrected chi connectivity index (χ0v) is 11.5. The van der Waals surface area contributed by atoms with Gasteiger partial charge in [0.25, 0.3) is 0 Å². The van der Waals surface area contributed by atoms with Crippen molar-refractivity contribution in [2.75, 3.05) is 6.26 Å². The standard InChI is InChI=1S/C13H21NO2S/c1-13(2,14)10-4-5-11-6-8-12(9-7-11)17(3,15)16/h6-9H,4-5,10,14H2,1-3H3. The number of aryl methyl sites for hydroxylation is 1. The monoisotopic (exact) mass is 255 g/mol. The van der Waals surface area contributed by atoms with Crippen LogP contribution in [0.2, 0.25) is 0 Å². The van der Waals surface area contributed by atoms with E-state index >= 15 is 0 Å². The van der Waals surface area contributed by atoms with Gasteiger partial charge in [-0.15, -0.1) is 0 Å². The Morgan fingerprint density at radius 2 is 1.71 bits per heavy atom. The van der Waals surface area contributed by atoms with Crippen molar-refractivity contribution in [2.24, 2.45) is 5.73 Å². The van der Waals surface area contributed by atoms with Crippen LogP contribution in [0.25, 0.3) is 0 Å². The van der Waals surface area contributed by atoms with Crippen LogP contribution in [0.4, 0.5) is 0 Å². The van der Waals surface area contributed by atoms with Crippen molar-refractivity contribution in [3.05, 3.63) is 29.8 Å². The smallest absolute Gasteiger partial charge is 0.175 e. The Labute approximate surface area is 104 Å². The first-order valence-electron chi connectivity index (χ1n) is 5.76. The van der Waals surface area contributed by atoms with Gasteiger partial charge in [-0.25, -0.2) is 8.42 Å². The highest BCUT2D eigenvalue weighted by molar-refractivity contribution is 7.90. The maximum absolute atomic E-state index is 11.3. The molecule has 0 bridgehead atoms. The molecule has 3 nitrogen and oxygen atoms in total. The van der Waals surface area contributed by atoms with Crippen LogP contribution in [-0.4, -0.2) is 20.2 Å². The molecule has 96 valence electrons. The molecule has 2 N–H and O–H groups in total. The van der Waals surface area contributed by atoms with Crippen LogP contribution in [0.5, 0.6) is 0 Å². The van der Waals surface area contributed by atoms with Crippen molar-refractivity contribution in [3.63, 3.8) is 0 Å². The molecule has 0 radical (unpaired) electrons. The topological polar surface area (TPSA) is 60.2 Å². The molecule has 1 rings (SSSR count). The summed E-state index contributed by atoms with van der Waals surface area (Å²) < 4.78 is 22.5. The highest BCUT2D eigenvalue weighted by Crippen LogP contribution is 2.14. The van der Waals surface area contributed by atoms with Crippen LogP contribution in [-0.2, 0) is 16.3 Å². The van der Waals surface area contributed by atoms with Crippen molar-refractivity contribution in [1.29, 1.82) is 0 Å². The predicted molar refractivity (Wildman–Crippen MR) is 70.8 cm³/mol. The molecule has 4 heteroatoms. The summed E-state index contributed by atoms with van der Waals surface area (Å²) in [6, 6.07) is 7.08. The Hall–Kier alpha value is -0.870. The van der Waals surface area contributed by atoms with E-state index < -0.39 is 9.84 Å². The van der Waals surface area contributed by atoms with Gasteiger partial charge in [-0.3, -0.25) is 0 Å². The van der Waals surface area contributed by atoms with E-state index in [0.29, 0.717) is 4.90 Å². The second-order valence-corrected chi connectivity index (χ2v) is 7.27. The summed E-state index contributed by atoms with van der Waals surface area (Å²) in [5, 5.41) is 0. The molecule has 0 saturated carbocycles. The Balaban J connectivity index is 2.58. The molecule has 0 atom stereocenters. The molecule has 0 aliphatic heterocycles. The quantitative estimate of drug-likeness (QED) is 0.877. The number of sulfone groups is 1. The Bertz CT molecular complexity index is 455. The summed E-state index contributed by atoms with van der Waals surface area (Å²) in [6.07, 6.45) is 4.13. The van der Waals surface area contributed by atoms with Crippen LogP contribution < -0.4 is 5.73 Å². The molecule has 1 aromatic carbocycles. The number of rotatable bonds is 5. The molecule has 0 amide bonds. The highest BCUT2D eigenvalue weighted by atomic mass is 32.2. The molecule has 0 spiro atoms. The third-order valence-corrected chi connectivity index (χ3v) is 3.77. The minimum absolute atomic E-state index is 0.132. The van der Waals surface area contributed by atoms with Gasteiger partial charge in [0.05, 0.1) is 4.90 Å². The van der Waals surface area contributed by atoms with Crippen molar-refractivity contribution in [2.45, 2.75) is 43.5 Å². The van der Waals surface area contributed by atoms with Gasteiger partial charge in [0.1, 0.15) is 0 Å². The maximum Gasteiger partial charge on any atom is 0.175 e. The summed E-state index contributed by atoms with van der Waals surface area (Å²) in [6.45, 7) is 4.03. The fourth-order valence-electron chi connectivity index (χ4n) is 1.65. The summed E-state index contributed by atoms with van der Waals surface area (Å²) >= 11 is 0. The van der Waals surface area contributed by atoms with E-state index in [1.54, 1.807) is 12.1 Å². The van der Waals surface area contributed by atoms with E-state index in [4.69, 9.17) is 5.73 Å². The van der Waals surface area contributed by atoms with Crippen molar-refractivity contribution in [1.82, 2.24) is 0 Å². The predicted octanol–water partition coefficient (Wildman–Crippen LogP) is 2.15. The largest absolute Gasteiger partial charge is 0.326 e. The third-order valence-electron chi connectivity index (χ3n) is 2.64. The van der Waals surface area contributed by atoms with Gasteiger partial charge >= 0.3 is 0 Å². The van der Waals surface area contributed by atoms with E-state index in [-0.39, 0.29) is 5.54 Å². The lowest BCUT2D eigenvalue weighted by molar-refractivity contribution is 0.459. The first-order valence-corrected chi connectivity index (χ1v) is 7.65. The van der Waals surface area contributed by atoms with Crippen LogP contribution >= 0.6 is 0 Å². The fourth-order valence-corrected chi connectivity index (χ4v) is 2.28. The van der Waals surface area contributed by atoms with Crippen LogP contribution in [0.15, 0.2) is 29.2 Å². The van der Waals surface area contributed by atoms with Crippen LogP contribution in [0.1, 0.15) is 32.3 Å². The molecule has 0 aromatic heterocycles. The molecule has 0 unspecified atom stereocenters. The molecule has 0 fully saturated rings. The molecule has 0 aliphatic rings. The molecule has 17 heavy (non-hydrogen) atoms. The zero-order chi connectivity index (χ0) is 13.1. The van der Waals surface area contributed by atoms with E-state index in [2.05, 4.69) is 0 Å². The van der Waals surface area contributed by atoms with Gasteiger partial charge in [0, 0.05) is 11.8 Å². The second kappa shape index (κ2) is 5.19. The molecule has 0 heterocycles. The van der Waals surface area contributed by atoms with E-state index in [9.17, 15) is 8.42 Å². The molecular formula is C13H21NO2S. The Morgan fingerprint density at radius 3 is 2.12 bits per heavy atom. The van der Waals surface area contributed by atoms with Gasteiger partial charge in [0.15, 0.2) is 9.84 Å². The van der Waals surface area contributed by atoms with Crippen molar-refractivity contribution < 1.29 is 8.42 Å². The van der Waals surface area contributed by atoms with Gasteiger partial charge in [-0.2, -0.15) is 0 Å². The second-order valence-electron chi connectivity index (χ2n) is 5.26. The minimum atomic E-state index is -3.08. The SMILES string of the molecule is CC(C)(N)CCCc1ccc(S(C)(=O)=O)cc1. The first kappa shape index (κ1) is 14.2. The van der Waals surface area contributed by atoms with Gasteiger partial charge < -0.3 is 5.73 Å². The van der Waals surface area contributed by atoms with Crippen molar-refractivity contribution >= 4 is 9.84 Å². The van der Waals surface area contributed by atoms with Gasteiger partial charge in [0.2, 0.25) is 0 Å². The number of hydrogen-bond donors (Lipinski definition) is 1. The number of benzene rings is 1. The normalized spacial score (nSPS) is 12.7. The summed E-state index contributed by atoms with van der Waals surface area (Å²) in [4.78, 5) is 0.375. The lowest BCUT2D eigenvalue weighted by Crippen LogP contribution is -2.31.